The van der Waals surface area contributed by atoms with Crippen LogP contribution in [0.15, 0.2) is 35.2 Å². The van der Waals surface area contributed by atoms with E-state index in [0.29, 0.717) is 0 Å². The van der Waals surface area contributed by atoms with Crippen molar-refractivity contribution in [3.8, 4) is 0 Å². The van der Waals surface area contributed by atoms with Gasteiger partial charge in [-0.25, -0.2) is 5.21 Å². The second-order valence-electron chi connectivity index (χ2n) is 2.94. The molecule has 0 saturated heterocycles. The molecule has 1 rings (SSSR count). The SMILES string of the molecule is O=C(O)CN([N+](=O)O)S(=O)(=O)c1ccccc1. The van der Waals surface area contributed by atoms with Crippen LogP contribution in [0.25, 0.3) is 0 Å². The van der Waals surface area contributed by atoms with Crippen LogP contribution in [-0.4, -0.2) is 40.7 Å². The molecule has 1 aromatic rings. The smallest absolute Gasteiger partial charge is 0.373 e. The molecule has 17 heavy (non-hydrogen) atoms. The minimum absolute atomic E-state index is 0.204. The average Bonchev–Trinajstić information content (AvgIpc) is 2.26. The molecule has 0 heterocycles. The highest BCUT2D eigenvalue weighted by molar-refractivity contribution is 7.89. The van der Waals surface area contributed by atoms with Gasteiger partial charge in [0.05, 0.1) is 4.90 Å². The third kappa shape index (κ3) is 2.91. The van der Waals surface area contributed by atoms with E-state index in [2.05, 4.69) is 0 Å². The van der Waals surface area contributed by atoms with E-state index in [1.54, 1.807) is 6.07 Å². The van der Waals surface area contributed by atoms with Crippen LogP contribution in [0.1, 0.15) is 0 Å². The number of carboxylic acids is 1. The minimum atomic E-state index is -4.38. The summed E-state index contributed by atoms with van der Waals surface area (Å²) in [5.41, 5.74) is 0. The molecule has 0 aliphatic rings. The fourth-order valence-electron chi connectivity index (χ4n) is 1.07. The zero-order valence-electron chi connectivity index (χ0n) is 8.42. The first-order chi connectivity index (χ1) is 7.85. The molecule has 92 valence electrons. The Morgan fingerprint density at radius 3 is 2.24 bits per heavy atom. The molecule has 1 aromatic carbocycles. The number of carbonyl (C=O) groups is 1. The molecule has 0 aliphatic heterocycles. The molecule has 8 nitrogen and oxygen atoms in total. The Labute approximate surface area is 96.3 Å². The van der Waals surface area contributed by atoms with Crippen LogP contribution >= 0.6 is 0 Å². The summed E-state index contributed by atoms with van der Waals surface area (Å²) in [7, 11) is -4.38. The van der Waals surface area contributed by atoms with E-state index in [4.69, 9.17) is 10.3 Å². The standard InChI is InChI=1S/C8H8N2O6S/c11-8(12)6-9(10(13)14)17(15,16)7-4-2-1-3-5-7/h1-5H,6H2,(H-,11,12,13,14)/p+1. The van der Waals surface area contributed by atoms with Crippen molar-refractivity contribution in [2.45, 2.75) is 4.90 Å². The molecule has 9 heteroatoms. The van der Waals surface area contributed by atoms with E-state index in [0.717, 1.165) is 0 Å². The van der Waals surface area contributed by atoms with Gasteiger partial charge in [0.2, 0.25) is 0 Å². The summed E-state index contributed by atoms with van der Waals surface area (Å²) in [5.74, 6) is -1.57. The molecule has 0 saturated carbocycles. The van der Waals surface area contributed by atoms with Gasteiger partial charge in [-0.05, 0) is 12.1 Å². The molecule has 0 radical (unpaired) electrons. The summed E-state index contributed by atoms with van der Waals surface area (Å²) in [6, 6.07) is 6.70. The Bertz CT molecular complexity index is 526. The Morgan fingerprint density at radius 2 is 1.82 bits per heavy atom. The maximum Gasteiger partial charge on any atom is 0.373 e. The number of hydrogen-bond donors (Lipinski definition) is 2. The summed E-state index contributed by atoms with van der Waals surface area (Å²) in [6.45, 7) is -1.17. The van der Waals surface area contributed by atoms with E-state index in [-0.39, 0.29) is 9.31 Å². The summed E-state index contributed by atoms with van der Waals surface area (Å²) < 4.78 is 23.3. The van der Waals surface area contributed by atoms with E-state index in [1.165, 1.54) is 24.3 Å². The summed E-state index contributed by atoms with van der Waals surface area (Å²) >= 11 is 0. The lowest BCUT2D eigenvalue weighted by atomic mass is 10.4. The minimum Gasteiger partial charge on any atom is -0.480 e. The van der Waals surface area contributed by atoms with Gasteiger partial charge in [-0.3, -0.25) is 4.79 Å². The second-order valence-corrected chi connectivity index (χ2v) is 4.79. The summed E-state index contributed by atoms with van der Waals surface area (Å²) in [4.78, 5) is 20.8. The molecule has 0 fully saturated rings. The second kappa shape index (κ2) is 4.78. The Hall–Kier alpha value is -2.16. The Balaban J connectivity index is 3.19. The molecule has 0 aliphatic carbocycles. The fraction of sp³-hybridized carbons (Fsp3) is 0.125. The van der Waals surface area contributed by atoms with E-state index >= 15 is 0 Å². The zero-order chi connectivity index (χ0) is 13.1. The lowest BCUT2D eigenvalue weighted by Gasteiger charge is -2.08. The number of hydrazine groups is 1. The van der Waals surface area contributed by atoms with Gasteiger partial charge in [-0.2, -0.15) is 8.42 Å². The van der Waals surface area contributed by atoms with Crippen LogP contribution in [0.3, 0.4) is 0 Å². The average molecular weight is 261 g/mol. The predicted molar refractivity (Wildman–Crippen MR) is 53.4 cm³/mol. The highest BCUT2D eigenvalue weighted by Gasteiger charge is 2.38. The lowest BCUT2D eigenvalue weighted by molar-refractivity contribution is -0.880. The first-order valence-corrected chi connectivity index (χ1v) is 5.75. The van der Waals surface area contributed by atoms with Crippen molar-refractivity contribution < 1.29 is 28.6 Å². The zero-order valence-corrected chi connectivity index (χ0v) is 9.24. The van der Waals surface area contributed by atoms with Crippen LogP contribution in [0.4, 0.5) is 0 Å². The van der Waals surface area contributed by atoms with Gasteiger partial charge in [0.15, 0.2) is 6.54 Å². The molecular formula is C8H9N2O6S+. The van der Waals surface area contributed by atoms with Gasteiger partial charge in [0.1, 0.15) is 4.91 Å². The van der Waals surface area contributed by atoms with Crippen LogP contribution in [0.2, 0.25) is 0 Å². The van der Waals surface area contributed by atoms with Crippen LogP contribution in [0, 0.1) is 4.91 Å². The first kappa shape index (κ1) is 12.9. The molecule has 0 unspecified atom stereocenters. The number of hydrogen-bond acceptors (Lipinski definition) is 4. The number of nitrogens with zero attached hydrogens (tertiary/aromatic N) is 2. The van der Waals surface area contributed by atoms with Crippen molar-refractivity contribution >= 4 is 16.0 Å². The largest absolute Gasteiger partial charge is 0.480 e. The van der Waals surface area contributed by atoms with Gasteiger partial charge >= 0.3 is 21.0 Å². The van der Waals surface area contributed by atoms with Gasteiger partial charge in [-0.1, -0.05) is 18.2 Å². The topological polar surface area (TPSA) is 115 Å². The number of carboxylic acid groups (broad SMARTS) is 1. The molecular weight excluding hydrogens is 252 g/mol. The number of aliphatic carboxylic acids is 1. The van der Waals surface area contributed by atoms with Crippen molar-refractivity contribution in [2.75, 3.05) is 6.54 Å². The Kier molecular flexibility index (Phi) is 3.63. The van der Waals surface area contributed by atoms with Gasteiger partial charge in [-0.15, -0.1) is 0 Å². The molecule has 0 atom stereocenters. The molecule has 0 bridgehead atoms. The van der Waals surface area contributed by atoms with Crippen LogP contribution in [-0.2, 0) is 14.8 Å². The molecule has 2 N–H and O–H groups in total. The fourth-order valence-corrected chi connectivity index (χ4v) is 2.28. The van der Waals surface area contributed by atoms with Crippen molar-refractivity contribution in [3.63, 3.8) is 0 Å². The van der Waals surface area contributed by atoms with Crippen LogP contribution in [0.5, 0.6) is 0 Å². The first-order valence-electron chi connectivity index (χ1n) is 4.31. The lowest BCUT2D eigenvalue weighted by Crippen LogP contribution is -2.40. The van der Waals surface area contributed by atoms with Crippen molar-refractivity contribution in [1.82, 2.24) is 4.41 Å². The number of sulfonamides is 1. The van der Waals surface area contributed by atoms with E-state index in [1.807, 2.05) is 0 Å². The summed E-state index contributed by atoms with van der Waals surface area (Å²) in [5, 5.41) is 16.1. The maximum atomic E-state index is 11.8. The quantitative estimate of drug-likeness (QED) is 0.712. The third-order valence-electron chi connectivity index (χ3n) is 1.78. The van der Waals surface area contributed by atoms with E-state index < -0.39 is 27.6 Å². The highest BCUT2D eigenvalue weighted by Crippen LogP contribution is 2.14. The van der Waals surface area contributed by atoms with Crippen molar-refractivity contribution in [1.29, 1.82) is 0 Å². The third-order valence-corrected chi connectivity index (χ3v) is 3.47. The monoisotopic (exact) mass is 261 g/mol. The predicted octanol–water partition coefficient (Wildman–Crippen LogP) is -0.155. The summed E-state index contributed by atoms with van der Waals surface area (Å²) in [6.07, 6.45) is 0. The van der Waals surface area contributed by atoms with E-state index in [9.17, 15) is 18.1 Å². The van der Waals surface area contributed by atoms with Crippen molar-refractivity contribution in [3.05, 3.63) is 35.2 Å². The number of benzene rings is 1. The van der Waals surface area contributed by atoms with Gasteiger partial charge in [0.25, 0.3) is 0 Å². The Morgan fingerprint density at radius 1 is 1.29 bits per heavy atom. The van der Waals surface area contributed by atoms with Crippen molar-refractivity contribution in [2.24, 2.45) is 0 Å². The highest BCUT2D eigenvalue weighted by atomic mass is 32.2. The number of rotatable bonds is 5. The molecule has 0 spiro atoms. The van der Waals surface area contributed by atoms with Crippen LogP contribution < -0.4 is 0 Å². The molecule has 0 aromatic heterocycles. The van der Waals surface area contributed by atoms with Gasteiger partial charge < -0.3 is 5.11 Å². The molecule has 0 amide bonds. The normalized spacial score (nSPS) is 10.8. The van der Waals surface area contributed by atoms with Gasteiger partial charge in [0, 0.05) is 4.41 Å². The maximum absolute atomic E-state index is 11.8.